The average Bonchev–Trinajstić information content (AvgIpc) is 3.08. The second-order valence-electron chi connectivity index (χ2n) is 13.7. The van der Waals surface area contributed by atoms with Crippen LogP contribution in [-0.4, -0.2) is 47.6 Å². The molecule has 0 spiro atoms. The summed E-state index contributed by atoms with van der Waals surface area (Å²) in [5.74, 6) is 0.0442. The maximum absolute atomic E-state index is 12.2. The lowest BCUT2D eigenvalue weighted by Gasteiger charge is -2.16. The fourth-order valence-corrected chi connectivity index (χ4v) is 5.35. The lowest BCUT2D eigenvalue weighted by molar-refractivity contribution is -0.161. The number of esters is 2. The zero-order valence-electron chi connectivity index (χ0n) is 31.7. The van der Waals surface area contributed by atoms with E-state index < -0.39 is 24.8 Å². The van der Waals surface area contributed by atoms with E-state index in [1.807, 2.05) is 18.2 Å². The first-order chi connectivity index (χ1) is 23.9. The van der Waals surface area contributed by atoms with Crippen LogP contribution in [-0.2, 0) is 19.1 Å². The highest BCUT2D eigenvalue weighted by Crippen LogP contribution is 2.15. The van der Waals surface area contributed by atoms with Crippen LogP contribution in [0.3, 0.4) is 0 Å². The van der Waals surface area contributed by atoms with Crippen molar-refractivity contribution in [3.05, 3.63) is 60.8 Å². The van der Waals surface area contributed by atoms with Gasteiger partial charge >= 0.3 is 11.9 Å². The van der Waals surface area contributed by atoms with Gasteiger partial charge in [0.15, 0.2) is 6.10 Å². The highest BCUT2D eigenvalue weighted by atomic mass is 16.6. The average molecular weight is 687 g/mol. The molecule has 0 aliphatic rings. The minimum atomic E-state index is -0.846. The molecule has 2 N–H and O–H groups in total. The zero-order chi connectivity index (χ0) is 36.0. The zero-order valence-corrected chi connectivity index (χ0v) is 31.7. The van der Waals surface area contributed by atoms with Crippen LogP contribution in [0.25, 0.3) is 0 Å². The van der Waals surface area contributed by atoms with E-state index in [1.54, 1.807) is 6.08 Å². The number of carbonyl (C=O) groups is 2. The van der Waals surface area contributed by atoms with E-state index >= 15 is 0 Å². The van der Waals surface area contributed by atoms with E-state index in [1.165, 1.54) is 77.0 Å². The molecule has 6 nitrogen and oxygen atoms in total. The Morgan fingerprint density at radius 1 is 0.592 bits per heavy atom. The van der Waals surface area contributed by atoms with E-state index in [9.17, 15) is 19.8 Å². The molecular weight excluding hydrogens is 612 g/mol. The van der Waals surface area contributed by atoms with Crippen LogP contribution in [0.4, 0.5) is 0 Å². The quantitative estimate of drug-likeness (QED) is 0.0303. The molecule has 0 rings (SSSR count). The summed E-state index contributed by atoms with van der Waals surface area (Å²) in [5.41, 5.74) is 0. The van der Waals surface area contributed by atoms with Crippen molar-refractivity contribution < 1.29 is 29.3 Å². The Hall–Kier alpha value is -2.44. The summed E-state index contributed by atoms with van der Waals surface area (Å²) in [7, 11) is 0. The van der Waals surface area contributed by atoms with Gasteiger partial charge in [-0.25, -0.2) is 0 Å². The van der Waals surface area contributed by atoms with Crippen LogP contribution < -0.4 is 0 Å². The minimum Gasteiger partial charge on any atom is -0.462 e. The fourth-order valence-electron chi connectivity index (χ4n) is 5.35. The molecule has 0 amide bonds. The van der Waals surface area contributed by atoms with Crippen molar-refractivity contribution in [3.8, 4) is 0 Å². The SMILES string of the molecule is CC/C=C\C/C=C\C/C=C\C/C=C\C=C\C(O)CCCC(=O)OC[C@H](CO)OC(=O)CCCCCCCCCCCCCCCCC(C)C. The largest absolute Gasteiger partial charge is 0.462 e. The van der Waals surface area contributed by atoms with Crippen LogP contribution >= 0.6 is 0 Å². The lowest BCUT2D eigenvalue weighted by Crippen LogP contribution is -2.28. The Balaban J connectivity index is 3.75. The van der Waals surface area contributed by atoms with Crippen LogP contribution in [0.2, 0.25) is 0 Å². The summed E-state index contributed by atoms with van der Waals surface area (Å²) in [5, 5.41) is 19.7. The number of allylic oxidation sites excluding steroid dienone is 9. The van der Waals surface area contributed by atoms with Gasteiger partial charge in [-0.15, -0.1) is 0 Å². The number of hydrogen-bond acceptors (Lipinski definition) is 6. The van der Waals surface area contributed by atoms with Crippen molar-refractivity contribution in [3.63, 3.8) is 0 Å². The molecule has 282 valence electrons. The van der Waals surface area contributed by atoms with Crippen molar-refractivity contribution in [2.24, 2.45) is 5.92 Å². The molecule has 2 atom stereocenters. The first kappa shape index (κ1) is 46.6. The Morgan fingerprint density at radius 3 is 1.61 bits per heavy atom. The predicted octanol–water partition coefficient (Wildman–Crippen LogP) is 11.2. The Kier molecular flexibility index (Phi) is 35.0. The van der Waals surface area contributed by atoms with E-state index in [4.69, 9.17) is 9.47 Å². The highest BCUT2D eigenvalue weighted by molar-refractivity contribution is 5.70. The number of unbranched alkanes of at least 4 members (excludes halogenated alkanes) is 13. The summed E-state index contributed by atoms with van der Waals surface area (Å²) >= 11 is 0. The van der Waals surface area contributed by atoms with Gasteiger partial charge in [0, 0.05) is 12.8 Å². The van der Waals surface area contributed by atoms with E-state index in [-0.39, 0.29) is 19.0 Å². The number of aliphatic hydroxyl groups excluding tert-OH is 2. The summed E-state index contributed by atoms with van der Waals surface area (Å²) in [6.45, 7) is 6.20. The normalized spacial score (nSPS) is 13.6. The van der Waals surface area contributed by atoms with Crippen molar-refractivity contribution >= 4 is 11.9 Å². The second kappa shape index (κ2) is 36.8. The third-order valence-corrected chi connectivity index (χ3v) is 8.36. The van der Waals surface area contributed by atoms with Gasteiger partial charge in [0.1, 0.15) is 6.61 Å². The smallest absolute Gasteiger partial charge is 0.306 e. The molecule has 0 saturated heterocycles. The number of hydrogen-bond donors (Lipinski definition) is 2. The molecule has 0 saturated carbocycles. The van der Waals surface area contributed by atoms with Gasteiger partial charge in [-0.2, -0.15) is 0 Å². The van der Waals surface area contributed by atoms with Crippen molar-refractivity contribution in [1.82, 2.24) is 0 Å². The highest BCUT2D eigenvalue weighted by Gasteiger charge is 2.16. The van der Waals surface area contributed by atoms with Gasteiger partial charge in [-0.3, -0.25) is 9.59 Å². The molecule has 0 bridgehead atoms. The number of rotatable bonds is 34. The van der Waals surface area contributed by atoms with Crippen LogP contribution in [0.1, 0.15) is 168 Å². The topological polar surface area (TPSA) is 93.1 Å². The summed E-state index contributed by atoms with van der Waals surface area (Å²) < 4.78 is 10.5. The third kappa shape index (κ3) is 36.7. The molecular formula is C43H74O6. The maximum Gasteiger partial charge on any atom is 0.306 e. The molecule has 49 heavy (non-hydrogen) atoms. The predicted molar refractivity (Wildman–Crippen MR) is 206 cm³/mol. The maximum atomic E-state index is 12.2. The Labute approximate surface area is 301 Å². The molecule has 1 unspecified atom stereocenters. The van der Waals surface area contributed by atoms with Gasteiger partial charge in [0.2, 0.25) is 0 Å². The van der Waals surface area contributed by atoms with Gasteiger partial charge in [0.05, 0.1) is 12.7 Å². The van der Waals surface area contributed by atoms with Gasteiger partial charge in [-0.05, 0) is 50.9 Å². The van der Waals surface area contributed by atoms with E-state index in [0.717, 1.165) is 50.9 Å². The summed E-state index contributed by atoms with van der Waals surface area (Å²) in [6.07, 6.45) is 43.1. The van der Waals surface area contributed by atoms with Crippen LogP contribution in [0.5, 0.6) is 0 Å². The number of carbonyl (C=O) groups excluding carboxylic acids is 2. The van der Waals surface area contributed by atoms with E-state index in [2.05, 4.69) is 57.2 Å². The molecule has 0 fully saturated rings. The van der Waals surface area contributed by atoms with Gasteiger partial charge < -0.3 is 19.7 Å². The fraction of sp³-hybridized carbons (Fsp3) is 0.721. The van der Waals surface area contributed by atoms with Crippen molar-refractivity contribution in [1.29, 1.82) is 0 Å². The second-order valence-corrected chi connectivity index (χ2v) is 13.7. The Bertz CT molecular complexity index is 900. The molecule has 0 aromatic heterocycles. The monoisotopic (exact) mass is 687 g/mol. The number of aliphatic hydroxyl groups is 2. The van der Waals surface area contributed by atoms with Gasteiger partial charge in [0.25, 0.3) is 0 Å². The summed E-state index contributed by atoms with van der Waals surface area (Å²) in [4.78, 5) is 24.3. The first-order valence-electron chi connectivity index (χ1n) is 19.8. The third-order valence-electron chi connectivity index (χ3n) is 8.36. The number of ether oxygens (including phenoxy) is 2. The molecule has 0 aliphatic carbocycles. The minimum absolute atomic E-state index is 0.152. The van der Waals surface area contributed by atoms with Crippen molar-refractivity contribution in [2.75, 3.05) is 13.2 Å². The van der Waals surface area contributed by atoms with E-state index in [0.29, 0.717) is 19.3 Å². The van der Waals surface area contributed by atoms with Gasteiger partial charge in [-0.1, -0.05) is 171 Å². The molecule has 0 aliphatic heterocycles. The Morgan fingerprint density at radius 2 is 1.08 bits per heavy atom. The standard InChI is InChI=1S/C43H74O6/c1-4-5-6-7-8-9-10-13-17-20-23-26-29-33-40(45)34-31-36-42(46)48-38-41(37-44)49-43(47)35-30-27-24-21-18-15-12-11-14-16-19-22-25-28-32-39(2)3/h5-6,8-9,13,17,23,26,29,33,39-41,44-45H,4,7,10-12,14-16,18-22,24-25,27-28,30-32,34-38H2,1-3H3/b6-5-,9-8-,17-13-,26-23-,33-29+/t40?,41-/m0/s1. The first-order valence-corrected chi connectivity index (χ1v) is 19.8. The van der Waals surface area contributed by atoms with Crippen LogP contribution in [0.15, 0.2) is 60.8 Å². The van der Waals surface area contributed by atoms with Crippen LogP contribution in [0, 0.1) is 5.92 Å². The molecule has 0 aromatic rings. The van der Waals surface area contributed by atoms with Crippen molar-refractivity contribution in [2.45, 2.75) is 181 Å². The molecule has 0 aromatic carbocycles. The molecule has 0 heterocycles. The molecule has 0 radical (unpaired) electrons. The lowest BCUT2D eigenvalue weighted by atomic mass is 10.0. The molecule has 6 heteroatoms. The summed E-state index contributed by atoms with van der Waals surface area (Å²) in [6, 6.07) is 0.